The molecule has 2 nitrogen and oxygen atoms in total. The third-order valence-corrected chi connectivity index (χ3v) is 4.34. The smallest absolute Gasteiger partial charge is 0.0979 e. The van der Waals surface area contributed by atoms with Crippen molar-refractivity contribution in [1.82, 2.24) is 9.97 Å². The van der Waals surface area contributed by atoms with E-state index in [1.165, 1.54) is 27.5 Å². The molecule has 1 aliphatic rings. The predicted octanol–water partition coefficient (Wildman–Crippen LogP) is 4.74. The summed E-state index contributed by atoms with van der Waals surface area (Å²) in [5, 5.41) is 2.59. The van der Waals surface area contributed by atoms with Crippen molar-refractivity contribution in [3.8, 4) is 22.5 Å². The maximum Gasteiger partial charge on any atom is 0.0979 e. The van der Waals surface area contributed by atoms with Gasteiger partial charge < -0.3 is 0 Å². The Morgan fingerprint density at radius 2 is 1.33 bits per heavy atom. The van der Waals surface area contributed by atoms with Crippen LogP contribution in [0.2, 0.25) is 0 Å². The summed E-state index contributed by atoms with van der Waals surface area (Å²) < 4.78 is 0. The van der Waals surface area contributed by atoms with Crippen LogP contribution in [-0.4, -0.2) is 9.97 Å². The Hall–Kier alpha value is -2.74. The largest absolute Gasteiger partial charge is 0.244 e. The number of rotatable bonds is 0. The monoisotopic (exact) mass is 268 g/mol. The first-order valence-corrected chi connectivity index (χ1v) is 7.13. The second kappa shape index (κ2) is 3.67. The second-order valence-electron chi connectivity index (χ2n) is 5.57. The summed E-state index contributed by atoms with van der Waals surface area (Å²) in [6.07, 6.45) is 0. The third-order valence-electron chi connectivity index (χ3n) is 4.34. The van der Waals surface area contributed by atoms with E-state index >= 15 is 0 Å². The van der Waals surface area contributed by atoms with Gasteiger partial charge in [0.2, 0.25) is 0 Å². The molecule has 0 atom stereocenters. The van der Waals surface area contributed by atoms with Crippen LogP contribution in [0.4, 0.5) is 0 Å². The standard InChI is InChI=1S/C19H12N2/c1-11-9-10-14-17-12(11)5-4-6-13(17)18-19(14)21-16-8-3-2-7-15(16)20-18/h2-10H,1H3. The second-order valence-corrected chi connectivity index (χ2v) is 5.57. The van der Waals surface area contributed by atoms with Crippen molar-refractivity contribution in [2.45, 2.75) is 6.92 Å². The quantitative estimate of drug-likeness (QED) is 0.405. The molecule has 1 heterocycles. The average molecular weight is 268 g/mol. The molecule has 0 bridgehead atoms. The van der Waals surface area contributed by atoms with E-state index in [4.69, 9.17) is 9.97 Å². The fourth-order valence-electron chi connectivity index (χ4n) is 3.32. The van der Waals surface area contributed by atoms with Gasteiger partial charge in [-0.25, -0.2) is 9.97 Å². The van der Waals surface area contributed by atoms with Gasteiger partial charge in [-0.3, -0.25) is 0 Å². The number of hydrogen-bond acceptors (Lipinski definition) is 2. The Morgan fingerprint density at radius 3 is 2.05 bits per heavy atom. The molecule has 0 fully saturated rings. The van der Waals surface area contributed by atoms with Gasteiger partial charge in [0, 0.05) is 16.5 Å². The molecule has 0 aliphatic heterocycles. The maximum absolute atomic E-state index is 4.86. The van der Waals surface area contributed by atoms with Crippen molar-refractivity contribution in [2.24, 2.45) is 0 Å². The van der Waals surface area contributed by atoms with E-state index in [2.05, 4.69) is 37.3 Å². The number of aryl methyl sites for hydroxylation is 1. The number of aromatic nitrogens is 2. The van der Waals surface area contributed by atoms with Gasteiger partial charge >= 0.3 is 0 Å². The SMILES string of the molecule is Cc1ccc2c3c(cccc13)-c1nc3ccccc3nc1-2. The van der Waals surface area contributed by atoms with Gasteiger partial charge in [-0.15, -0.1) is 0 Å². The summed E-state index contributed by atoms with van der Waals surface area (Å²) in [6.45, 7) is 2.16. The van der Waals surface area contributed by atoms with E-state index in [1.807, 2.05) is 24.3 Å². The van der Waals surface area contributed by atoms with Crippen LogP contribution >= 0.6 is 0 Å². The van der Waals surface area contributed by atoms with Crippen molar-refractivity contribution in [2.75, 3.05) is 0 Å². The van der Waals surface area contributed by atoms with Crippen molar-refractivity contribution < 1.29 is 0 Å². The lowest BCUT2D eigenvalue weighted by atomic mass is 10.0. The number of fused-ring (bicyclic) bond motifs is 4. The summed E-state index contributed by atoms with van der Waals surface area (Å²) in [4.78, 5) is 9.73. The number of para-hydroxylation sites is 2. The average Bonchev–Trinajstić information content (AvgIpc) is 2.84. The molecule has 0 radical (unpaired) electrons. The van der Waals surface area contributed by atoms with Crippen LogP contribution in [0.3, 0.4) is 0 Å². The molecule has 0 spiro atoms. The van der Waals surface area contributed by atoms with E-state index in [0.717, 1.165) is 22.4 Å². The molecule has 0 saturated carbocycles. The fourth-order valence-corrected chi connectivity index (χ4v) is 3.32. The first-order chi connectivity index (χ1) is 10.3. The van der Waals surface area contributed by atoms with Crippen molar-refractivity contribution in [3.63, 3.8) is 0 Å². The zero-order valence-electron chi connectivity index (χ0n) is 11.6. The van der Waals surface area contributed by atoms with Gasteiger partial charge in [0.1, 0.15) is 0 Å². The first-order valence-electron chi connectivity index (χ1n) is 7.13. The number of hydrogen-bond donors (Lipinski definition) is 0. The predicted molar refractivity (Wildman–Crippen MR) is 86.2 cm³/mol. The summed E-state index contributed by atoms with van der Waals surface area (Å²) in [5.74, 6) is 0. The van der Waals surface area contributed by atoms with Crippen LogP contribution in [0.15, 0.2) is 54.6 Å². The summed E-state index contributed by atoms with van der Waals surface area (Å²) in [7, 11) is 0. The van der Waals surface area contributed by atoms with Crippen LogP contribution in [0.25, 0.3) is 44.3 Å². The van der Waals surface area contributed by atoms with Gasteiger partial charge in [0.15, 0.2) is 0 Å². The van der Waals surface area contributed by atoms with E-state index in [0.29, 0.717) is 0 Å². The highest BCUT2D eigenvalue weighted by Gasteiger charge is 2.24. The summed E-state index contributed by atoms with van der Waals surface area (Å²) in [5.41, 5.74) is 7.65. The molecule has 0 N–H and O–H groups in total. The van der Waals surface area contributed by atoms with Crippen LogP contribution in [0.1, 0.15) is 5.56 Å². The lowest BCUT2D eigenvalue weighted by molar-refractivity contribution is 1.32. The molecule has 2 heteroatoms. The normalized spacial score (nSPS) is 12.0. The first kappa shape index (κ1) is 11.0. The molecular formula is C19H12N2. The molecular weight excluding hydrogens is 256 g/mol. The van der Waals surface area contributed by atoms with Crippen LogP contribution in [-0.2, 0) is 0 Å². The summed E-state index contributed by atoms with van der Waals surface area (Å²) >= 11 is 0. The van der Waals surface area contributed by atoms with Crippen molar-refractivity contribution in [1.29, 1.82) is 0 Å². The van der Waals surface area contributed by atoms with E-state index in [1.54, 1.807) is 0 Å². The number of nitrogens with zero attached hydrogens (tertiary/aromatic N) is 2. The van der Waals surface area contributed by atoms with Crippen LogP contribution < -0.4 is 0 Å². The Bertz CT molecular complexity index is 999. The Morgan fingerprint density at radius 1 is 0.667 bits per heavy atom. The lowest BCUT2D eigenvalue weighted by Gasteiger charge is -2.04. The molecule has 21 heavy (non-hydrogen) atoms. The molecule has 0 saturated heterocycles. The summed E-state index contributed by atoms with van der Waals surface area (Å²) in [6, 6.07) is 18.9. The molecule has 1 aromatic heterocycles. The Balaban J connectivity index is 2.01. The van der Waals surface area contributed by atoms with Crippen LogP contribution in [0, 0.1) is 6.92 Å². The van der Waals surface area contributed by atoms with Crippen molar-refractivity contribution in [3.05, 3.63) is 60.2 Å². The third kappa shape index (κ3) is 1.32. The van der Waals surface area contributed by atoms with Crippen molar-refractivity contribution >= 4 is 21.8 Å². The highest BCUT2D eigenvalue weighted by molar-refractivity contribution is 6.14. The van der Waals surface area contributed by atoms with E-state index in [9.17, 15) is 0 Å². The van der Waals surface area contributed by atoms with Gasteiger partial charge in [0.25, 0.3) is 0 Å². The zero-order chi connectivity index (χ0) is 14.0. The molecule has 3 aromatic carbocycles. The van der Waals surface area contributed by atoms with Gasteiger partial charge in [0.05, 0.1) is 22.4 Å². The molecule has 1 aliphatic carbocycles. The molecule has 0 amide bonds. The number of benzene rings is 3. The van der Waals surface area contributed by atoms with E-state index < -0.39 is 0 Å². The molecule has 98 valence electrons. The molecule has 5 rings (SSSR count). The Kier molecular flexibility index (Phi) is 1.92. The van der Waals surface area contributed by atoms with E-state index in [-0.39, 0.29) is 0 Å². The fraction of sp³-hybridized carbons (Fsp3) is 0.0526. The maximum atomic E-state index is 4.86. The lowest BCUT2D eigenvalue weighted by Crippen LogP contribution is -1.89. The zero-order valence-corrected chi connectivity index (χ0v) is 11.6. The van der Waals surface area contributed by atoms with Gasteiger partial charge in [-0.05, 0) is 30.0 Å². The van der Waals surface area contributed by atoms with Gasteiger partial charge in [-0.1, -0.05) is 42.5 Å². The highest BCUT2D eigenvalue weighted by atomic mass is 14.8. The highest BCUT2D eigenvalue weighted by Crippen LogP contribution is 2.46. The Labute approximate surface area is 122 Å². The topological polar surface area (TPSA) is 25.8 Å². The molecule has 4 aromatic rings. The van der Waals surface area contributed by atoms with Gasteiger partial charge in [-0.2, -0.15) is 0 Å². The minimum absolute atomic E-state index is 0.956. The molecule has 0 unspecified atom stereocenters. The minimum Gasteiger partial charge on any atom is -0.244 e. The van der Waals surface area contributed by atoms with Crippen LogP contribution in [0.5, 0.6) is 0 Å². The minimum atomic E-state index is 0.956.